The number of guanidine groups is 1. The van der Waals surface area contributed by atoms with Gasteiger partial charge in [0.25, 0.3) is 0 Å². The van der Waals surface area contributed by atoms with Gasteiger partial charge in [0.15, 0.2) is 5.96 Å². The van der Waals surface area contributed by atoms with E-state index in [0.717, 1.165) is 32.2 Å². The highest BCUT2D eigenvalue weighted by atomic mass is 79.9. The normalized spacial score (nSPS) is 12.0. The summed E-state index contributed by atoms with van der Waals surface area (Å²) in [6.07, 6.45) is 4.24. The van der Waals surface area contributed by atoms with E-state index in [1.807, 2.05) is 29.2 Å². The average Bonchev–Trinajstić information content (AvgIpc) is 3.11. The first kappa shape index (κ1) is 16.1. The maximum Gasteiger partial charge on any atom is 0.197 e. The Hall–Kier alpha value is -3.11. The van der Waals surface area contributed by atoms with E-state index in [4.69, 9.17) is 11.1 Å². The van der Waals surface area contributed by atoms with Crippen molar-refractivity contribution in [1.82, 2.24) is 0 Å². The lowest BCUT2D eigenvalue weighted by atomic mass is 10.0. The Labute approximate surface area is 165 Å². The SMILES string of the molecule is N=C(N)N(c1ccc2cccc3c2c1C=C3)c1ccc(Br)c2ccccc12. The number of nitrogens with two attached hydrogens (primary N) is 1. The zero-order valence-electron chi connectivity index (χ0n) is 14.4. The summed E-state index contributed by atoms with van der Waals surface area (Å²) in [6, 6.07) is 22.6. The van der Waals surface area contributed by atoms with Crippen molar-refractivity contribution < 1.29 is 0 Å². The molecule has 0 atom stereocenters. The molecule has 0 heterocycles. The lowest BCUT2D eigenvalue weighted by molar-refractivity contribution is 1.26. The lowest BCUT2D eigenvalue weighted by Gasteiger charge is -2.26. The Morgan fingerprint density at radius 3 is 2.41 bits per heavy atom. The molecule has 0 bridgehead atoms. The van der Waals surface area contributed by atoms with Crippen LogP contribution in [0.1, 0.15) is 11.1 Å². The van der Waals surface area contributed by atoms with Crippen LogP contribution in [0.5, 0.6) is 0 Å². The van der Waals surface area contributed by atoms with Gasteiger partial charge in [-0.25, -0.2) is 0 Å². The molecule has 130 valence electrons. The number of fused-ring (bicyclic) bond motifs is 1. The van der Waals surface area contributed by atoms with E-state index in [1.54, 1.807) is 0 Å². The number of hydrogen-bond donors (Lipinski definition) is 2. The Morgan fingerprint density at radius 2 is 1.59 bits per heavy atom. The smallest absolute Gasteiger partial charge is 0.197 e. The second-order valence-corrected chi connectivity index (χ2v) is 7.46. The van der Waals surface area contributed by atoms with Crippen LogP contribution in [0, 0.1) is 5.41 Å². The van der Waals surface area contributed by atoms with E-state index in [0.29, 0.717) is 0 Å². The topological polar surface area (TPSA) is 53.1 Å². The minimum absolute atomic E-state index is 0.00384. The number of nitrogens with zero attached hydrogens (tertiary/aromatic N) is 1. The highest BCUT2D eigenvalue weighted by Crippen LogP contribution is 2.42. The van der Waals surface area contributed by atoms with E-state index in [9.17, 15) is 0 Å². The van der Waals surface area contributed by atoms with Crippen LogP contribution in [0.25, 0.3) is 33.7 Å². The number of benzene rings is 4. The summed E-state index contributed by atoms with van der Waals surface area (Å²) in [5, 5.41) is 12.9. The number of hydrogen-bond acceptors (Lipinski definition) is 1. The van der Waals surface area contributed by atoms with Crippen LogP contribution in [0.15, 0.2) is 71.2 Å². The monoisotopic (exact) mass is 413 g/mol. The highest BCUT2D eigenvalue weighted by Gasteiger charge is 2.22. The minimum atomic E-state index is -0.00384. The summed E-state index contributed by atoms with van der Waals surface area (Å²) in [5.41, 5.74) is 10.2. The van der Waals surface area contributed by atoms with E-state index in [2.05, 4.69) is 70.5 Å². The Morgan fingerprint density at radius 1 is 0.815 bits per heavy atom. The molecule has 1 aliphatic carbocycles. The fraction of sp³-hybridized carbons (Fsp3) is 0. The van der Waals surface area contributed by atoms with Gasteiger partial charge in [-0.3, -0.25) is 10.3 Å². The second kappa shape index (κ2) is 5.96. The molecule has 0 fully saturated rings. The molecule has 0 saturated heterocycles. The van der Waals surface area contributed by atoms with Gasteiger partial charge < -0.3 is 5.73 Å². The van der Waals surface area contributed by atoms with Crippen LogP contribution in [0.4, 0.5) is 11.4 Å². The van der Waals surface area contributed by atoms with E-state index in [1.165, 1.54) is 16.3 Å². The molecule has 4 aromatic rings. The third-order valence-electron chi connectivity index (χ3n) is 5.10. The molecule has 0 aliphatic heterocycles. The molecule has 3 nitrogen and oxygen atoms in total. The van der Waals surface area contributed by atoms with Crippen molar-refractivity contribution in [2.45, 2.75) is 0 Å². The van der Waals surface area contributed by atoms with Gasteiger partial charge >= 0.3 is 0 Å². The molecule has 0 saturated carbocycles. The molecule has 3 N–H and O–H groups in total. The summed E-state index contributed by atoms with van der Waals surface area (Å²) in [6.45, 7) is 0. The van der Waals surface area contributed by atoms with Crippen LogP contribution in [0.2, 0.25) is 0 Å². The molecule has 5 rings (SSSR count). The van der Waals surface area contributed by atoms with E-state index < -0.39 is 0 Å². The molecule has 0 spiro atoms. The molecule has 1 aliphatic rings. The van der Waals surface area contributed by atoms with E-state index >= 15 is 0 Å². The predicted octanol–water partition coefficient (Wildman–Crippen LogP) is 6.27. The average molecular weight is 414 g/mol. The van der Waals surface area contributed by atoms with Crippen molar-refractivity contribution in [2.24, 2.45) is 5.73 Å². The quantitative estimate of drug-likeness (QED) is 0.264. The first-order valence-electron chi connectivity index (χ1n) is 8.70. The zero-order valence-corrected chi connectivity index (χ0v) is 16.0. The first-order chi connectivity index (χ1) is 13.1. The first-order valence-corrected chi connectivity index (χ1v) is 9.49. The highest BCUT2D eigenvalue weighted by molar-refractivity contribution is 9.10. The van der Waals surface area contributed by atoms with Crippen molar-refractivity contribution in [3.63, 3.8) is 0 Å². The van der Waals surface area contributed by atoms with Gasteiger partial charge in [0.1, 0.15) is 0 Å². The number of halogens is 1. The maximum absolute atomic E-state index is 8.32. The van der Waals surface area contributed by atoms with Crippen molar-refractivity contribution in [3.05, 3.63) is 82.3 Å². The minimum Gasteiger partial charge on any atom is -0.369 e. The summed E-state index contributed by atoms with van der Waals surface area (Å²) in [4.78, 5) is 1.83. The van der Waals surface area contributed by atoms with Gasteiger partial charge in [-0.1, -0.05) is 76.6 Å². The molecule has 4 heteroatoms. The summed E-state index contributed by atoms with van der Waals surface area (Å²) in [7, 11) is 0. The Balaban J connectivity index is 1.82. The number of nitrogens with one attached hydrogen (secondary N) is 1. The molecule has 4 aromatic carbocycles. The largest absolute Gasteiger partial charge is 0.369 e. The Bertz CT molecular complexity index is 1270. The number of rotatable bonds is 2. The van der Waals surface area contributed by atoms with Crippen LogP contribution in [0.3, 0.4) is 0 Å². The van der Waals surface area contributed by atoms with Crippen molar-refractivity contribution in [2.75, 3.05) is 4.90 Å². The fourth-order valence-corrected chi connectivity index (χ4v) is 4.41. The lowest BCUT2D eigenvalue weighted by Crippen LogP contribution is -2.33. The molecular formula is C23H16BrN3. The van der Waals surface area contributed by atoms with Crippen molar-refractivity contribution in [3.8, 4) is 0 Å². The third kappa shape index (κ3) is 2.37. The summed E-state index contributed by atoms with van der Waals surface area (Å²) < 4.78 is 1.02. The molecule has 0 radical (unpaired) electrons. The molecule has 0 amide bonds. The van der Waals surface area contributed by atoms with Gasteiger partial charge in [-0.05, 0) is 39.9 Å². The zero-order chi connectivity index (χ0) is 18.5. The van der Waals surface area contributed by atoms with Crippen LogP contribution in [-0.2, 0) is 0 Å². The summed E-state index contributed by atoms with van der Waals surface area (Å²) in [5.74, 6) is -0.00384. The van der Waals surface area contributed by atoms with Crippen LogP contribution in [-0.4, -0.2) is 5.96 Å². The van der Waals surface area contributed by atoms with Crippen molar-refractivity contribution >= 4 is 67.0 Å². The number of anilines is 2. The van der Waals surface area contributed by atoms with E-state index in [-0.39, 0.29) is 5.96 Å². The van der Waals surface area contributed by atoms with Crippen LogP contribution < -0.4 is 10.6 Å². The van der Waals surface area contributed by atoms with Crippen molar-refractivity contribution in [1.29, 1.82) is 5.41 Å². The van der Waals surface area contributed by atoms with Crippen LogP contribution >= 0.6 is 15.9 Å². The Kier molecular flexibility index (Phi) is 3.55. The predicted molar refractivity (Wildman–Crippen MR) is 119 cm³/mol. The van der Waals surface area contributed by atoms with Gasteiger partial charge in [-0.2, -0.15) is 0 Å². The standard InChI is InChI=1S/C23H16BrN3/c24-19-11-13-20(17-7-2-1-6-16(17)19)27(23(25)26)21-12-9-15-5-3-4-14-8-10-18(21)22(14)15/h1-13H,(H3,25,26). The molecule has 27 heavy (non-hydrogen) atoms. The molecule has 0 aromatic heterocycles. The summed E-state index contributed by atoms with van der Waals surface area (Å²) >= 11 is 3.63. The molecule has 0 unspecified atom stereocenters. The van der Waals surface area contributed by atoms with Gasteiger partial charge in [0.05, 0.1) is 11.4 Å². The fourth-order valence-electron chi connectivity index (χ4n) is 3.93. The van der Waals surface area contributed by atoms with Gasteiger partial charge in [0, 0.05) is 15.4 Å². The third-order valence-corrected chi connectivity index (χ3v) is 5.79. The molecular weight excluding hydrogens is 398 g/mol. The maximum atomic E-state index is 8.32. The second-order valence-electron chi connectivity index (χ2n) is 6.61. The van der Waals surface area contributed by atoms with Gasteiger partial charge in [0.2, 0.25) is 0 Å². The van der Waals surface area contributed by atoms with Gasteiger partial charge in [-0.15, -0.1) is 0 Å².